The first-order chi connectivity index (χ1) is 19.3. The summed E-state index contributed by atoms with van der Waals surface area (Å²) in [7, 11) is 0. The number of carboxylic acid groups (broad SMARTS) is 1. The van der Waals surface area contributed by atoms with Gasteiger partial charge in [0.1, 0.15) is 28.5 Å². The van der Waals surface area contributed by atoms with Gasteiger partial charge in [0.15, 0.2) is 6.10 Å². The Labute approximate surface area is 231 Å². The summed E-state index contributed by atoms with van der Waals surface area (Å²) in [4.78, 5) is 29.8. The lowest BCUT2D eigenvalue weighted by atomic mass is 9.62. The van der Waals surface area contributed by atoms with E-state index in [4.69, 9.17) is 19.4 Å². The highest BCUT2D eigenvalue weighted by Gasteiger charge is 2.61. The zero-order valence-corrected chi connectivity index (χ0v) is 21.7. The number of hydrogen-bond donors (Lipinski definition) is 2. The number of anilines is 1. The van der Waals surface area contributed by atoms with Crippen molar-refractivity contribution in [2.75, 3.05) is 11.9 Å². The number of aliphatic carboxylic acids is 1. The van der Waals surface area contributed by atoms with Crippen LogP contribution < -0.4 is 10.1 Å². The van der Waals surface area contributed by atoms with E-state index in [0.717, 1.165) is 31.5 Å². The number of aromatic nitrogens is 3. The van der Waals surface area contributed by atoms with E-state index in [1.165, 1.54) is 24.4 Å². The number of halogens is 8. The standard InChI is InChI=1S/C23H21F5N4O3.C2HF3O2/c1-12(23(26,27)28)35-16-6-18-31-17(22-9-21(2,10-22)34-11-22)8-32(18)7-15(16)30-20(33)14-5-3-4-13(29-14)19(24)25;3-2(4,5)1(6)7/h3-8,12,19H,9-11H2,1-2H3,(H,30,33);(H,6,7). The topological polar surface area (TPSA) is 115 Å². The molecule has 1 unspecified atom stereocenters. The van der Waals surface area contributed by atoms with Gasteiger partial charge in [-0.1, -0.05) is 6.07 Å². The minimum atomic E-state index is -5.08. The minimum absolute atomic E-state index is 0.0922. The molecule has 0 spiro atoms. The van der Waals surface area contributed by atoms with Gasteiger partial charge in [0.2, 0.25) is 0 Å². The van der Waals surface area contributed by atoms with Crippen molar-refractivity contribution >= 4 is 23.2 Å². The van der Waals surface area contributed by atoms with E-state index in [-0.39, 0.29) is 28.1 Å². The number of carboxylic acids is 1. The summed E-state index contributed by atoms with van der Waals surface area (Å²) in [6.07, 6.45) is -10.1. The molecule has 1 amide bonds. The summed E-state index contributed by atoms with van der Waals surface area (Å²) in [6, 6.07) is 4.83. The van der Waals surface area contributed by atoms with Gasteiger partial charge in [0, 0.05) is 23.9 Å². The van der Waals surface area contributed by atoms with Crippen molar-refractivity contribution in [1.29, 1.82) is 0 Å². The number of ether oxygens (including phenoxy) is 2. The molecular weight excluding hydrogens is 588 g/mol. The number of hydrogen-bond acceptors (Lipinski definition) is 6. The van der Waals surface area contributed by atoms with Crippen LogP contribution in [0.1, 0.15) is 55.0 Å². The third-order valence-corrected chi connectivity index (χ3v) is 6.70. The summed E-state index contributed by atoms with van der Waals surface area (Å²) >= 11 is 0. The fraction of sp³-hybridized carbons (Fsp3) is 0.440. The monoisotopic (exact) mass is 610 g/mol. The molecular formula is C25H22F8N4O5. The van der Waals surface area contributed by atoms with E-state index in [0.29, 0.717) is 12.3 Å². The van der Waals surface area contributed by atoms with Gasteiger partial charge in [-0.25, -0.2) is 23.5 Å². The maximum absolute atomic E-state index is 13.2. The van der Waals surface area contributed by atoms with Crippen LogP contribution in [0.3, 0.4) is 0 Å². The predicted octanol–water partition coefficient (Wildman–Crippen LogP) is 5.70. The third kappa shape index (κ3) is 6.39. The van der Waals surface area contributed by atoms with E-state index in [2.05, 4.69) is 15.3 Å². The van der Waals surface area contributed by atoms with E-state index < -0.39 is 42.5 Å². The van der Waals surface area contributed by atoms with E-state index in [9.17, 15) is 39.9 Å². The number of rotatable bonds is 6. The first kappa shape index (κ1) is 30.9. The van der Waals surface area contributed by atoms with Gasteiger partial charge in [-0.15, -0.1) is 0 Å². The Morgan fingerprint density at radius 1 is 1.12 bits per heavy atom. The van der Waals surface area contributed by atoms with Gasteiger partial charge in [0.05, 0.1) is 17.9 Å². The fourth-order valence-electron chi connectivity index (χ4n) is 4.76. The number of alkyl halides is 8. The Morgan fingerprint density at radius 3 is 2.29 bits per heavy atom. The number of carbonyl (C=O) groups is 2. The molecule has 6 rings (SSSR count). The number of nitrogens with one attached hydrogen (secondary N) is 1. The van der Waals surface area contributed by atoms with Gasteiger partial charge in [0.25, 0.3) is 12.3 Å². The molecule has 9 nitrogen and oxygen atoms in total. The predicted molar refractivity (Wildman–Crippen MR) is 127 cm³/mol. The highest BCUT2D eigenvalue weighted by atomic mass is 19.4. The van der Waals surface area contributed by atoms with Crippen molar-refractivity contribution < 1.29 is 59.3 Å². The lowest BCUT2D eigenvalue weighted by Gasteiger charge is -2.41. The number of pyridine rings is 2. The SMILES string of the molecule is CC(Oc1cc2nc(C34COC(C)(C3)C4)cn2cc1NC(=O)c1cccc(C(F)F)n1)C(F)(F)F.O=C(O)C(F)(F)F. The molecule has 1 atom stereocenters. The summed E-state index contributed by atoms with van der Waals surface area (Å²) in [5.74, 6) is -3.90. The van der Waals surface area contributed by atoms with Crippen molar-refractivity contribution in [1.82, 2.24) is 14.4 Å². The zero-order valence-electron chi connectivity index (χ0n) is 21.7. The maximum atomic E-state index is 13.2. The second-order valence-corrected chi connectivity index (χ2v) is 10.1. The first-order valence-electron chi connectivity index (χ1n) is 12.1. The van der Waals surface area contributed by atoms with Gasteiger partial charge >= 0.3 is 18.3 Å². The molecule has 1 saturated carbocycles. The smallest absolute Gasteiger partial charge is 0.479 e. The minimum Gasteiger partial charge on any atom is -0.479 e. The van der Waals surface area contributed by atoms with E-state index >= 15 is 0 Å². The largest absolute Gasteiger partial charge is 0.490 e. The van der Waals surface area contributed by atoms with Crippen LogP contribution in [0, 0.1) is 0 Å². The Bertz CT molecular complexity index is 1500. The number of nitrogens with zero attached hydrogens (tertiary/aromatic N) is 3. The van der Waals surface area contributed by atoms with Crippen molar-refractivity contribution in [3.05, 3.63) is 53.7 Å². The fourth-order valence-corrected chi connectivity index (χ4v) is 4.76. The van der Waals surface area contributed by atoms with Crippen LogP contribution in [0.15, 0.2) is 36.7 Å². The molecule has 1 aliphatic carbocycles. The number of fused-ring (bicyclic) bond motifs is 2. The van der Waals surface area contributed by atoms with Crippen LogP contribution in [0.2, 0.25) is 0 Å². The lowest BCUT2D eigenvalue weighted by molar-refractivity contribution is -0.192. The molecule has 2 aliphatic heterocycles. The number of amides is 1. The second kappa shape index (κ2) is 10.7. The number of carbonyl (C=O) groups excluding carboxylic acids is 1. The van der Waals surface area contributed by atoms with Crippen LogP contribution in [-0.4, -0.2) is 62.0 Å². The molecule has 2 saturated heterocycles. The average molecular weight is 610 g/mol. The Balaban J connectivity index is 0.000000517. The van der Waals surface area contributed by atoms with Crippen LogP contribution in [0.5, 0.6) is 5.75 Å². The van der Waals surface area contributed by atoms with Crippen LogP contribution in [0.25, 0.3) is 5.65 Å². The molecule has 3 aliphatic rings. The van der Waals surface area contributed by atoms with Gasteiger partial charge in [-0.2, -0.15) is 26.3 Å². The normalized spacial score (nSPS) is 22.3. The zero-order chi connectivity index (χ0) is 31.3. The highest BCUT2D eigenvalue weighted by Crippen LogP contribution is 2.58. The maximum Gasteiger partial charge on any atom is 0.490 e. The average Bonchev–Trinajstić information content (AvgIpc) is 3.54. The number of imidazole rings is 1. The molecule has 2 bridgehead atoms. The highest BCUT2D eigenvalue weighted by molar-refractivity contribution is 6.03. The van der Waals surface area contributed by atoms with Crippen LogP contribution in [0.4, 0.5) is 40.8 Å². The molecule has 3 aromatic heterocycles. The molecule has 0 aromatic carbocycles. The second-order valence-electron chi connectivity index (χ2n) is 10.1. The van der Waals surface area contributed by atoms with Crippen LogP contribution >= 0.6 is 0 Å². The van der Waals surface area contributed by atoms with Gasteiger partial charge < -0.3 is 24.3 Å². The molecule has 0 radical (unpaired) electrons. The summed E-state index contributed by atoms with van der Waals surface area (Å²) in [6.45, 7) is 3.35. The van der Waals surface area contributed by atoms with E-state index in [1.807, 2.05) is 6.92 Å². The molecule has 3 aromatic rings. The third-order valence-electron chi connectivity index (χ3n) is 6.70. The molecule has 2 N–H and O–H groups in total. The van der Waals surface area contributed by atoms with Crippen molar-refractivity contribution in [2.24, 2.45) is 0 Å². The molecule has 5 heterocycles. The first-order valence-corrected chi connectivity index (χ1v) is 12.1. The van der Waals surface area contributed by atoms with Crippen molar-refractivity contribution in [2.45, 2.75) is 62.6 Å². The molecule has 17 heteroatoms. The summed E-state index contributed by atoms with van der Waals surface area (Å²) < 4.78 is 110. The quantitative estimate of drug-likeness (QED) is 0.344. The molecule has 228 valence electrons. The summed E-state index contributed by atoms with van der Waals surface area (Å²) in [5.41, 5.74) is -0.396. The van der Waals surface area contributed by atoms with Gasteiger partial charge in [-0.3, -0.25) is 4.79 Å². The Morgan fingerprint density at radius 2 is 1.76 bits per heavy atom. The Hall–Kier alpha value is -4.02. The lowest BCUT2D eigenvalue weighted by Crippen LogP contribution is -2.45. The summed E-state index contributed by atoms with van der Waals surface area (Å²) in [5, 5.41) is 9.56. The van der Waals surface area contributed by atoms with Crippen LogP contribution in [-0.2, 0) is 14.9 Å². The van der Waals surface area contributed by atoms with E-state index in [1.54, 1.807) is 10.6 Å². The Kier molecular flexibility index (Phi) is 7.86. The van der Waals surface area contributed by atoms with Gasteiger partial charge in [-0.05, 0) is 38.8 Å². The molecule has 3 fully saturated rings. The van der Waals surface area contributed by atoms with Crippen molar-refractivity contribution in [3.8, 4) is 5.75 Å². The van der Waals surface area contributed by atoms with Crippen molar-refractivity contribution in [3.63, 3.8) is 0 Å². The molecule has 42 heavy (non-hydrogen) atoms.